The third-order valence-electron chi connectivity index (χ3n) is 1.48. The molecule has 64 valence electrons. The lowest BCUT2D eigenvalue weighted by atomic mass is 9.96. The number of aryl methyl sites for hydroxylation is 1. The van der Waals surface area contributed by atoms with Crippen LogP contribution in [0.1, 0.15) is 11.3 Å². The van der Waals surface area contributed by atoms with Crippen LogP contribution in [0.15, 0.2) is 12.3 Å². The van der Waals surface area contributed by atoms with Gasteiger partial charge in [-0.1, -0.05) is 11.5 Å². The average molecular weight is 173 g/mol. The van der Waals surface area contributed by atoms with E-state index in [0.29, 0.717) is 0 Å². The van der Waals surface area contributed by atoms with E-state index < -0.39 is 11.9 Å². The lowest BCUT2D eigenvalue weighted by Crippen LogP contribution is -2.14. The van der Waals surface area contributed by atoms with Crippen molar-refractivity contribution in [1.29, 1.82) is 0 Å². The van der Waals surface area contributed by atoms with Crippen LogP contribution in [0.25, 0.3) is 0 Å². The summed E-state index contributed by atoms with van der Waals surface area (Å²) in [5.74, 6) is 0. The Balaban J connectivity index is 3.19. The number of alkyl halides is 3. The zero-order valence-electron chi connectivity index (χ0n) is 6.74. The van der Waals surface area contributed by atoms with Crippen LogP contribution >= 0.6 is 0 Å². The summed E-state index contributed by atoms with van der Waals surface area (Å²) < 4.78 is 36.4. The Labute approximate surface area is 69.0 Å². The maximum atomic E-state index is 12.1. The van der Waals surface area contributed by atoms with Gasteiger partial charge in [0.25, 0.3) is 0 Å². The summed E-state index contributed by atoms with van der Waals surface area (Å²) in [4.78, 5) is 3.32. The highest BCUT2D eigenvalue weighted by Gasteiger charge is 2.33. The predicted molar refractivity (Wildman–Crippen MR) is 42.2 cm³/mol. The summed E-state index contributed by atoms with van der Waals surface area (Å²) in [6.07, 6.45) is -3.12. The largest absolute Gasteiger partial charge is 0.433 e. The summed E-state index contributed by atoms with van der Waals surface area (Å²) in [6.45, 7) is 1.41. The van der Waals surface area contributed by atoms with Crippen LogP contribution < -0.4 is 5.46 Å². The molecule has 1 heterocycles. The fourth-order valence-electron chi connectivity index (χ4n) is 1.01. The van der Waals surface area contributed by atoms with Crippen LogP contribution in [-0.4, -0.2) is 12.8 Å². The molecule has 1 aromatic heterocycles. The van der Waals surface area contributed by atoms with Gasteiger partial charge in [-0.3, -0.25) is 4.98 Å². The van der Waals surface area contributed by atoms with E-state index in [1.165, 1.54) is 19.2 Å². The molecule has 0 N–H and O–H groups in total. The number of rotatable bonds is 0. The third-order valence-corrected chi connectivity index (χ3v) is 1.48. The number of nitrogens with zero attached hydrogens (tertiary/aromatic N) is 1. The highest BCUT2D eigenvalue weighted by molar-refractivity contribution is 6.32. The second kappa shape index (κ2) is 2.81. The molecule has 0 saturated heterocycles. The van der Waals surface area contributed by atoms with E-state index in [0.717, 1.165) is 5.46 Å². The van der Waals surface area contributed by atoms with Crippen molar-refractivity contribution >= 4 is 13.3 Å². The van der Waals surface area contributed by atoms with E-state index in [1.807, 2.05) is 0 Å². The van der Waals surface area contributed by atoms with Gasteiger partial charge < -0.3 is 0 Å². The van der Waals surface area contributed by atoms with E-state index in [9.17, 15) is 13.2 Å². The Morgan fingerprint density at radius 3 is 2.42 bits per heavy atom. The van der Waals surface area contributed by atoms with Crippen molar-refractivity contribution in [3.8, 4) is 0 Å². The molecule has 0 radical (unpaired) electrons. The molecule has 0 atom stereocenters. The van der Waals surface area contributed by atoms with Crippen molar-refractivity contribution in [3.05, 3.63) is 23.5 Å². The summed E-state index contributed by atoms with van der Waals surface area (Å²) in [6, 6.07) is 1.47. The zero-order chi connectivity index (χ0) is 9.35. The smallest absolute Gasteiger partial charge is 0.252 e. The van der Waals surface area contributed by atoms with Crippen LogP contribution in [-0.2, 0) is 6.18 Å². The second-order valence-electron chi connectivity index (χ2n) is 2.68. The van der Waals surface area contributed by atoms with Crippen LogP contribution in [0.4, 0.5) is 13.2 Å². The molecule has 0 aromatic carbocycles. The van der Waals surface area contributed by atoms with Crippen LogP contribution in [0, 0.1) is 6.92 Å². The van der Waals surface area contributed by atoms with Gasteiger partial charge in [-0.15, -0.1) is 0 Å². The van der Waals surface area contributed by atoms with Gasteiger partial charge in [0, 0.05) is 6.20 Å². The molecule has 0 spiro atoms. The SMILES string of the molecule is Bc1cnc(C(F)(F)F)c(C)c1. The highest BCUT2D eigenvalue weighted by Crippen LogP contribution is 2.28. The van der Waals surface area contributed by atoms with Crippen LogP contribution in [0.3, 0.4) is 0 Å². The van der Waals surface area contributed by atoms with Gasteiger partial charge in [0.15, 0.2) is 0 Å². The molecule has 1 aromatic rings. The molecule has 0 aliphatic rings. The molecule has 12 heavy (non-hydrogen) atoms. The number of hydrogen-bond acceptors (Lipinski definition) is 1. The average Bonchev–Trinajstić information content (AvgIpc) is 1.83. The normalized spacial score (nSPS) is 11.7. The maximum Gasteiger partial charge on any atom is 0.433 e. The number of aromatic nitrogens is 1. The molecule has 1 nitrogen and oxygen atoms in total. The summed E-state index contributed by atoms with van der Waals surface area (Å²) >= 11 is 0. The topological polar surface area (TPSA) is 12.9 Å². The molecular weight excluding hydrogens is 166 g/mol. The fourth-order valence-corrected chi connectivity index (χ4v) is 1.01. The molecule has 0 aliphatic heterocycles. The quantitative estimate of drug-likeness (QED) is 0.525. The number of pyridine rings is 1. The molecule has 0 amide bonds. The molecule has 0 unspecified atom stereocenters. The fraction of sp³-hybridized carbons (Fsp3) is 0.286. The first-order chi connectivity index (χ1) is 5.41. The number of hydrogen-bond donors (Lipinski definition) is 0. The van der Waals surface area contributed by atoms with Gasteiger partial charge in [0.2, 0.25) is 0 Å². The second-order valence-corrected chi connectivity index (χ2v) is 2.68. The first-order valence-corrected chi connectivity index (χ1v) is 3.41. The van der Waals surface area contributed by atoms with Crippen molar-refractivity contribution in [3.63, 3.8) is 0 Å². The summed E-state index contributed by atoms with van der Waals surface area (Å²) in [7, 11) is 1.71. The van der Waals surface area contributed by atoms with E-state index >= 15 is 0 Å². The van der Waals surface area contributed by atoms with Crippen molar-refractivity contribution in [2.24, 2.45) is 0 Å². The standard InChI is InChI=1S/C7H7BF3N/c1-4-2-5(8)3-12-6(4)7(9,10)11/h2-3H,8H2,1H3. The van der Waals surface area contributed by atoms with Crippen molar-refractivity contribution in [2.45, 2.75) is 13.1 Å². The predicted octanol–water partition coefficient (Wildman–Crippen LogP) is 0.667. The Bertz CT molecular complexity index is 295. The molecular formula is C7H7BF3N. The van der Waals surface area contributed by atoms with E-state index in [1.54, 1.807) is 7.85 Å². The lowest BCUT2D eigenvalue weighted by Gasteiger charge is -2.08. The molecule has 5 heteroatoms. The molecule has 0 saturated carbocycles. The Morgan fingerprint density at radius 1 is 1.42 bits per heavy atom. The molecule has 0 aliphatic carbocycles. The molecule has 0 bridgehead atoms. The maximum absolute atomic E-state index is 12.1. The first-order valence-electron chi connectivity index (χ1n) is 3.41. The van der Waals surface area contributed by atoms with Crippen LogP contribution in [0.5, 0.6) is 0 Å². The van der Waals surface area contributed by atoms with E-state index in [-0.39, 0.29) is 5.56 Å². The van der Waals surface area contributed by atoms with E-state index in [2.05, 4.69) is 4.98 Å². The number of halogens is 3. The Hall–Kier alpha value is -0.995. The van der Waals surface area contributed by atoms with Gasteiger partial charge in [-0.05, 0) is 12.5 Å². The molecule has 1 rings (SSSR count). The minimum absolute atomic E-state index is 0.169. The van der Waals surface area contributed by atoms with Crippen molar-refractivity contribution < 1.29 is 13.2 Å². The third kappa shape index (κ3) is 1.78. The van der Waals surface area contributed by atoms with E-state index in [4.69, 9.17) is 0 Å². The minimum atomic E-state index is -4.34. The minimum Gasteiger partial charge on any atom is -0.252 e. The van der Waals surface area contributed by atoms with Gasteiger partial charge in [0.1, 0.15) is 13.5 Å². The van der Waals surface area contributed by atoms with Crippen molar-refractivity contribution in [2.75, 3.05) is 0 Å². The lowest BCUT2D eigenvalue weighted by molar-refractivity contribution is -0.141. The van der Waals surface area contributed by atoms with Gasteiger partial charge >= 0.3 is 6.18 Å². The summed E-state index contributed by atoms with van der Waals surface area (Å²) in [5, 5.41) is 0. The Morgan fingerprint density at radius 2 is 2.00 bits per heavy atom. The Kier molecular flexibility index (Phi) is 2.13. The van der Waals surface area contributed by atoms with Gasteiger partial charge in [0.05, 0.1) is 0 Å². The first kappa shape index (κ1) is 9.10. The zero-order valence-corrected chi connectivity index (χ0v) is 6.74. The van der Waals surface area contributed by atoms with Gasteiger partial charge in [-0.2, -0.15) is 13.2 Å². The highest BCUT2D eigenvalue weighted by atomic mass is 19.4. The van der Waals surface area contributed by atoms with Crippen LogP contribution in [0.2, 0.25) is 0 Å². The monoisotopic (exact) mass is 173 g/mol. The molecule has 0 fully saturated rings. The summed E-state index contributed by atoms with van der Waals surface area (Å²) in [5.41, 5.74) is 0.108. The van der Waals surface area contributed by atoms with Crippen molar-refractivity contribution in [1.82, 2.24) is 4.98 Å². The van der Waals surface area contributed by atoms with Gasteiger partial charge in [-0.25, -0.2) is 0 Å².